The fraction of sp³-hybridized carbons (Fsp3) is 0.538. The van der Waals surface area contributed by atoms with Crippen LogP contribution in [-0.4, -0.2) is 35.8 Å². The molecule has 1 aromatic rings. The third kappa shape index (κ3) is 3.82. The SMILES string of the molecule is CC(=O)NC1CCN(Cc2cc(C(=O)NN)co2)CC1. The third-order valence-corrected chi connectivity index (χ3v) is 3.42. The predicted octanol–water partition coefficient (Wildman–Crippen LogP) is -0.0164. The molecule has 0 atom stereocenters. The summed E-state index contributed by atoms with van der Waals surface area (Å²) in [6.45, 7) is 3.98. The first-order valence-corrected chi connectivity index (χ1v) is 6.66. The minimum absolute atomic E-state index is 0.0203. The normalized spacial score (nSPS) is 16.9. The molecule has 4 N–H and O–H groups in total. The number of piperidine rings is 1. The maximum atomic E-state index is 11.3. The van der Waals surface area contributed by atoms with Crippen LogP contribution in [0.25, 0.3) is 0 Å². The molecule has 1 aromatic heterocycles. The van der Waals surface area contributed by atoms with Crippen LogP contribution in [-0.2, 0) is 11.3 Å². The summed E-state index contributed by atoms with van der Waals surface area (Å²) in [4.78, 5) is 24.5. The van der Waals surface area contributed by atoms with E-state index in [0.717, 1.165) is 31.7 Å². The van der Waals surface area contributed by atoms with E-state index in [4.69, 9.17) is 10.3 Å². The van der Waals surface area contributed by atoms with E-state index in [0.29, 0.717) is 12.1 Å². The first kappa shape index (κ1) is 14.5. The van der Waals surface area contributed by atoms with E-state index in [1.54, 1.807) is 13.0 Å². The molecule has 2 rings (SSSR count). The van der Waals surface area contributed by atoms with Gasteiger partial charge in [-0.2, -0.15) is 0 Å². The van der Waals surface area contributed by atoms with Gasteiger partial charge in [0.1, 0.15) is 12.0 Å². The van der Waals surface area contributed by atoms with Gasteiger partial charge in [-0.25, -0.2) is 5.84 Å². The molecule has 1 aliphatic heterocycles. The van der Waals surface area contributed by atoms with Crippen molar-refractivity contribution in [2.45, 2.75) is 32.4 Å². The van der Waals surface area contributed by atoms with Gasteiger partial charge < -0.3 is 9.73 Å². The smallest absolute Gasteiger partial charge is 0.268 e. The van der Waals surface area contributed by atoms with Crippen molar-refractivity contribution in [2.24, 2.45) is 5.84 Å². The Balaban J connectivity index is 1.82. The van der Waals surface area contributed by atoms with Crippen molar-refractivity contribution in [3.8, 4) is 0 Å². The maximum Gasteiger partial charge on any atom is 0.268 e. The summed E-state index contributed by atoms with van der Waals surface area (Å²) < 4.78 is 5.35. The number of likely N-dealkylation sites (tertiary alicyclic amines) is 1. The van der Waals surface area contributed by atoms with E-state index in [-0.39, 0.29) is 17.9 Å². The lowest BCUT2D eigenvalue weighted by Crippen LogP contribution is -2.43. The molecule has 7 nitrogen and oxygen atoms in total. The van der Waals surface area contributed by atoms with Crippen LogP contribution < -0.4 is 16.6 Å². The summed E-state index contributed by atoms with van der Waals surface area (Å²) in [5.74, 6) is 5.47. The van der Waals surface area contributed by atoms with Gasteiger partial charge in [-0.3, -0.25) is 19.9 Å². The molecule has 2 heterocycles. The number of carbonyl (C=O) groups excluding carboxylic acids is 2. The molecule has 20 heavy (non-hydrogen) atoms. The number of rotatable bonds is 4. The summed E-state index contributed by atoms with van der Waals surface area (Å²) in [7, 11) is 0. The van der Waals surface area contributed by atoms with Gasteiger partial charge in [0.05, 0.1) is 12.1 Å². The first-order valence-electron chi connectivity index (χ1n) is 6.66. The average molecular weight is 280 g/mol. The summed E-state index contributed by atoms with van der Waals surface area (Å²) >= 11 is 0. The topological polar surface area (TPSA) is 101 Å². The summed E-state index contributed by atoms with van der Waals surface area (Å²) in [5.41, 5.74) is 2.50. The van der Waals surface area contributed by atoms with Crippen molar-refractivity contribution in [1.82, 2.24) is 15.6 Å². The zero-order chi connectivity index (χ0) is 14.5. The zero-order valence-corrected chi connectivity index (χ0v) is 11.5. The molecule has 0 saturated carbocycles. The third-order valence-electron chi connectivity index (χ3n) is 3.42. The molecule has 0 unspecified atom stereocenters. The minimum atomic E-state index is -0.357. The molecule has 1 fully saturated rings. The molecule has 0 bridgehead atoms. The highest BCUT2D eigenvalue weighted by Gasteiger charge is 2.20. The Morgan fingerprint density at radius 3 is 2.75 bits per heavy atom. The highest BCUT2D eigenvalue weighted by molar-refractivity contribution is 5.93. The van der Waals surface area contributed by atoms with Gasteiger partial charge in [-0.15, -0.1) is 0 Å². The highest BCUT2D eigenvalue weighted by atomic mass is 16.3. The molecule has 2 amide bonds. The number of nitrogens with zero attached hydrogens (tertiary/aromatic N) is 1. The van der Waals surface area contributed by atoms with E-state index >= 15 is 0 Å². The van der Waals surface area contributed by atoms with Crippen LogP contribution >= 0.6 is 0 Å². The molecular weight excluding hydrogens is 260 g/mol. The Hall–Kier alpha value is -1.86. The summed E-state index contributed by atoms with van der Waals surface area (Å²) in [5, 5.41) is 2.94. The Morgan fingerprint density at radius 2 is 2.15 bits per heavy atom. The number of nitrogens with one attached hydrogen (secondary N) is 2. The fourth-order valence-electron chi connectivity index (χ4n) is 2.41. The molecule has 0 spiro atoms. The number of hydrazine groups is 1. The van der Waals surface area contributed by atoms with E-state index in [9.17, 15) is 9.59 Å². The summed E-state index contributed by atoms with van der Waals surface area (Å²) in [6.07, 6.45) is 3.26. The van der Waals surface area contributed by atoms with Crippen molar-refractivity contribution in [1.29, 1.82) is 0 Å². The van der Waals surface area contributed by atoms with Gasteiger partial charge in [-0.1, -0.05) is 0 Å². The Labute approximate surface area is 117 Å². The molecule has 110 valence electrons. The largest absolute Gasteiger partial charge is 0.467 e. The molecule has 0 aromatic carbocycles. The summed E-state index contributed by atoms with van der Waals surface area (Å²) in [6, 6.07) is 1.96. The fourth-order valence-corrected chi connectivity index (χ4v) is 2.41. The van der Waals surface area contributed by atoms with Gasteiger partial charge in [0.2, 0.25) is 5.91 Å². The van der Waals surface area contributed by atoms with Crippen LogP contribution in [0.3, 0.4) is 0 Å². The van der Waals surface area contributed by atoms with Gasteiger partial charge in [-0.05, 0) is 18.9 Å². The molecular formula is C13H20N4O3. The van der Waals surface area contributed by atoms with Gasteiger partial charge in [0, 0.05) is 26.1 Å². The van der Waals surface area contributed by atoms with E-state index in [2.05, 4.69) is 15.6 Å². The quantitative estimate of drug-likeness (QED) is 0.409. The molecule has 1 saturated heterocycles. The highest BCUT2D eigenvalue weighted by Crippen LogP contribution is 2.15. The van der Waals surface area contributed by atoms with Crippen molar-refractivity contribution in [3.63, 3.8) is 0 Å². The second-order valence-corrected chi connectivity index (χ2v) is 5.03. The van der Waals surface area contributed by atoms with Gasteiger partial charge in [0.15, 0.2) is 0 Å². The molecule has 1 aliphatic rings. The number of nitrogens with two attached hydrogens (primary N) is 1. The lowest BCUT2D eigenvalue weighted by Gasteiger charge is -2.31. The van der Waals surface area contributed by atoms with Crippen LogP contribution in [0.15, 0.2) is 16.7 Å². The number of hydrogen-bond donors (Lipinski definition) is 3. The van der Waals surface area contributed by atoms with Crippen LogP contribution in [0, 0.1) is 0 Å². The van der Waals surface area contributed by atoms with Crippen LogP contribution in [0.4, 0.5) is 0 Å². The van der Waals surface area contributed by atoms with E-state index in [1.807, 2.05) is 0 Å². The second kappa shape index (κ2) is 6.53. The Morgan fingerprint density at radius 1 is 1.45 bits per heavy atom. The monoisotopic (exact) mass is 280 g/mol. The van der Waals surface area contributed by atoms with Crippen molar-refractivity contribution in [3.05, 3.63) is 23.7 Å². The lowest BCUT2D eigenvalue weighted by molar-refractivity contribution is -0.120. The Bertz CT molecular complexity index is 478. The lowest BCUT2D eigenvalue weighted by atomic mass is 10.0. The van der Waals surface area contributed by atoms with Crippen molar-refractivity contribution >= 4 is 11.8 Å². The van der Waals surface area contributed by atoms with E-state index < -0.39 is 0 Å². The standard InChI is InChI=1S/C13H20N4O3/c1-9(18)15-11-2-4-17(5-3-11)7-12-6-10(8-20-12)13(19)16-14/h6,8,11H,2-5,7,14H2,1H3,(H,15,18)(H,16,19). The number of nitrogen functional groups attached to an aromatic ring is 1. The number of hydrogen-bond acceptors (Lipinski definition) is 5. The molecule has 0 aliphatic carbocycles. The first-order chi connectivity index (χ1) is 9.58. The number of furan rings is 1. The minimum Gasteiger partial charge on any atom is -0.467 e. The van der Waals surface area contributed by atoms with E-state index in [1.165, 1.54) is 6.26 Å². The number of carbonyl (C=O) groups is 2. The maximum absolute atomic E-state index is 11.3. The second-order valence-electron chi connectivity index (χ2n) is 5.03. The van der Waals surface area contributed by atoms with Crippen LogP contribution in [0.2, 0.25) is 0 Å². The van der Waals surface area contributed by atoms with Gasteiger partial charge in [0.25, 0.3) is 5.91 Å². The van der Waals surface area contributed by atoms with Crippen molar-refractivity contribution < 1.29 is 14.0 Å². The average Bonchev–Trinajstić information content (AvgIpc) is 2.88. The van der Waals surface area contributed by atoms with Crippen molar-refractivity contribution in [2.75, 3.05) is 13.1 Å². The Kier molecular flexibility index (Phi) is 4.75. The zero-order valence-electron chi connectivity index (χ0n) is 11.5. The van der Waals surface area contributed by atoms with Crippen LogP contribution in [0.5, 0.6) is 0 Å². The van der Waals surface area contributed by atoms with Crippen LogP contribution in [0.1, 0.15) is 35.9 Å². The molecule has 0 radical (unpaired) electrons. The predicted molar refractivity (Wildman–Crippen MR) is 72.5 cm³/mol. The number of amides is 2. The molecule has 7 heteroatoms. The van der Waals surface area contributed by atoms with Gasteiger partial charge >= 0.3 is 0 Å².